The SMILES string of the molecule is COc1cccc2c1ccn2O. The summed E-state index contributed by atoms with van der Waals surface area (Å²) < 4.78 is 6.20. The molecule has 0 amide bonds. The Hall–Kier alpha value is -1.64. The molecule has 1 heterocycles. The Morgan fingerprint density at radius 1 is 1.33 bits per heavy atom. The van der Waals surface area contributed by atoms with Gasteiger partial charge in [-0.1, -0.05) is 6.07 Å². The zero-order valence-electron chi connectivity index (χ0n) is 6.69. The molecule has 0 aliphatic heterocycles. The van der Waals surface area contributed by atoms with E-state index < -0.39 is 0 Å². The molecule has 0 bridgehead atoms. The fraction of sp³-hybridized carbons (Fsp3) is 0.111. The molecule has 0 saturated heterocycles. The molecule has 2 rings (SSSR count). The first-order valence-corrected chi connectivity index (χ1v) is 3.66. The minimum absolute atomic E-state index is 0.759. The van der Waals surface area contributed by atoms with Crippen LogP contribution in [0.1, 0.15) is 0 Å². The van der Waals surface area contributed by atoms with Gasteiger partial charge >= 0.3 is 0 Å². The molecule has 2 aromatic rings. The van der Waals surface area contributed by atoms with E-state index in [-0.39, 0.29) is 0 Å². The third-order valence-electron chi connectivity index (χ3n) is 1.89. The molecule has 1 aromatic heterocycles. The van der Waals surface area contributed by atoms with E-state index in [1.165, 1.54) is 0 Å². The summed E-state index contributed by atoms with van der Waals surface area (Å²) in [5.41, 5.74) is 0.759. The van der Waals surface area contributed by atoms with E-state index in [1.807, 2.05) is 24.3 Å². The lowest BCUT2D eigenvalue weighted by atomic mass is 10.2. The molecule has 0 atom stereocenters. The van der Waals surface area contributed by atoms with Gasteiger partial charge in [0.15, 0.2) is 0 Å². The molecule has 0 aliphatic carbocycles. The lowest BCUT2D eigenvalue weighted by Gasteiger charge is -2.00. The van der Waals surface area contributed by atoms with Crippen molar-refractivity contribution >= 4 is 10.9 Å². The van der Waals surface area contributed by atoms with E-state index in [9.17, 15) is 5.21 Å². The van der Waals surface area contributed by atoms with E-state index >= 15 is 0 Å². The zero-order chi connectivity index (χ0) is 8.55. The summed E-state index contributed by atoms with van der Waals surface area (Å²) >= 11 is 0. The molecule has 0 unspecified atom stereocenters. The second-order valence-electron chi connectivity index (χ2n) is 2.55. The van der Waals surface area contributed by atoms with Crippen molar-refractivity contribution in [3.05, 3.63) is 30.5 Å². The van der Waals surface area contributed by atoms with Gasteiger partial charge < -0.3 is 9.94 Å². The lowest BCUT2D eigenvalue weighted by Crippen LogP contribution is -1.87. The van der Waals surface area contributed by atoms with Gasteiger partial charge in [0.05, 0.1) is 12.6 Å². The third-order valence-corrected chi connectivity index (χ3v) is 1.89. The number of methoxy groups -OCH3 is 1. The summed E-state index contributed by atoms with van der Waals surface area (Å²) in [6.45, 7) is 0. The maximum atomic E-state index is 9.29. The molecular weight excluding hydrogens is 154 g/mol. The molecule has 1 N–H and O–H groups in total. The molecule has 3 heteroatoms. The quantitative estimate of drug-likeness (QED) is 0.651. The molecule has 0 spiro atoms. The fourth-order valence-electron chi connectivity index (χ4n) is 1.30. The van der Waals surface area contributed by atoms with Crippen molar-refractivity contribution in [3.8, 4) is 5.75 Å². The van der Waals surface area contributed by atoms with E-state index in [4.69, 9.17) is 4.74 Å². The number of ether oxygens (including phenoxy) is 1. The zero-order valence-corrected chi connectivity index (χ0v) is 6.69. The van der Waals surface area contributed by atoms with Crippen molar-refractivity contribution in [2.45, 2.75) is 0 Å². The monoisotopic (exact) mass is 163 g/mol. The van der Waals surface area contributed by atoms with Crippen LogP contribution >= 0.6 is 0 Å². The largest absolute Gasteiger partial charge is 0.496 e. The van der Waals surface area contributed by atoms with Gasteiger partial charge in [-0.15, -0.1) is 0 Å². The Morgan fingerprint density at radius 2 is 2.17 bits per heavy atom. The number of rotatable bonds is 1. The lowest BCUT2D eigenvalue weighted by molar-refractivity contribution is 0.200. The highest BCUT2D eigenvalue weighted by Gasteiger charge is 2.03. The minimum Gasteiger partial charge on any atom is -0.496 e. The van der Waals surface area contributed by atoms with E-state index in [0.29, 0.717) is 0 Å². The maximum Gasteiger partial charge on any atom is 0.128 e. The van der Waals surface area contributed by atoms with Crippen LogP contribution in [0, 0.1) is 0 Å². The first kappa shape index (κ1) is 7.03. The highest BCUT2D eigenvalue weighted by molar-refractivity contribution is 5.86. The van der Waals surface area contributed by atoms with Gasteiger partial charge in [0.2, 0.25) is 0 Å². The van der Waals surface area contributed by atoms with Crippen molar-refractivity contribution < 1.29 is 9.94 Å². The number of hydrogen-bond acceptors (Lipinski definition) is 2. The number of benzene rings is 1. The van der Waals surface area contributed by atoms with Gasteiger partial charge in [-0.3, -0.25) is 0 Å². The van der Waals surface area contributed by atoms with Crippen LogP contribution in [0.2, 0.25) is 0 Å². The summed E-state index contributed by atoms with van der Waals surface area (Å²) in [5.74, 6) is 0.778. The first-order valence-electron chi connectivity index (χ1n) is 3.66. The van der Waals surface area contributed by atoms with Crippen molar-refractivity contribution in [1.82, 2.24) is 4.73 Å². The van der Waals surface area contributed by atoms with Crippen LogP contribution < -0.4 is 4.74 Å². The summed E-state index contributed by atoms with van der Waals surface area (Å²) in [6, 6.07) is 7.35. The van der Waals surface area contributed by atoms with Gasteiger partial charge in [0, 0.05) is 11.6 Å². The van der Waals surface area contributed by atoms with Gasteiger partial charge in [0.25, 0.3) is 0 Å². The molecule has 0 fully saturated rings. The Morgan fingerprint density at radius 3 is 2.92 bits per heavy atom. The summed E-state index contributed by atoms with van der Waals surface area (Å²) in [6.07, 6.45) is 1.59. The van der Waals surface area contributed by atoms with Crippen LogP contribution in [0.15, 0.2) is 30.5 Å². The predicted molar refractivity (Wildman–Crippen MR) is 45.7 cm³/mol. The van der Waals surface area contributed by atoms with Crippen LogP contribution in [0.25, 0.3) is 10.9 Å². The third kappa shape index (κ3) is 0.830. The number of hydrogen-bond donors (Lipinski definition) is 1. The predicted octanol–water partition coefficient (Wildman–Crippen LogP) is 1.89. The second kappa shape index (κ2) is 2.44. The van der Waals surface area contributed by atoms with Crippen molar-refractivity contribution in [3.63, 3.8) is 0 Å². The average Bonchev–Trinajstić information content (AvgIpc) is 2.48. The fourth-order valence-corrected chi connectivity index (χ4v) is 1.30. The number of aromatic nitrogens is 1. The highest BCUT2D eigenvalue weighted by atomic mass is 16.5. The molecule has 3 nitrogen and oxygen atoms in total. The number of fused-ring (bicyclic) bond motifs is 1. The number of nitrogens with zero attached hydrogens (tertiary/aromatic N) is 1. The summed E-state index contributed by atoms with van der Waals surface area (Å²) in [4.78, 5) is 0. The van der Waals surface area contributed by atoms with Crippen molar-refractivity contribution in [1.29, 1.82) is 0 Å². The van der Waals surface area contributed by atoms with Gasteiger partial charge in [-0.2, -0.15) is 4.73 Å². The average molecular weight is 163 g/mol. The Balaban J connectivity index is 2.81. The first-order chi connectivity index (χ1) is 5.83. The minimum atomic E-state index is 0.759. The van der Waals surface area contributed by atoms with Gasteiger partial charge in [0.1, 0.15) is 5.75 Å². The van der Waals surface area contributed by atoms with E-state index in [2.05, 4.69) is 0 Å². The molecule has 0 saturated carbocycles. The van der Waals surface area contributed by atoms with Gasteiger partial charge in [-0.05, 0) is 18.2 Å². The Kier molecular flexibility index (Phi) is 1.43. The molecule has 0 aliphatic rings. The molecular formula is C9H9NO2. The molecule has 1 aromatic carbocycles. The Bertz CT molecular complexity index is 406. The normalized spacial score (nSPS) is 10.4. The smallest absolute Gasteiger partial charge is 0.128 e. The van der Waals surface area contributed by atoms with Crippen molar-refractivity contribution in [2.24, 2.45) is 0 Å². The topological polar surface area (TPSA) is 34.4 Å². The van der Waals surface area contributed by atoms with Crippen molar-refractivity contribution in [2.75, 3.05) is 7.11 Å². The molecule has 62 valence electrons. The molecule has 0 radical (unpaired) electrons. The maximum absolute atomic E-state index is 9.29. The van der Waals surface area contributed by atoms with E-state index in [0.717, 1.165) is 21.4 Å². The van der Waals surface area contributed by atoms with Gasteiger partial charge in [-0.25, -0.2) is 0 Å². The van der Waals surface area contributed by atoms with Crippen LogP contribution in [0.5, 0.6) is 5.75 Å². The summed E-state index contributed by atoms with van der Waals surface area (Å²) in [7, 11) is 1.61. The Labute approximate surface area is 69.8 Å². The highest BCUT2D eigenvalue weighted by Crippen LogP contribution is 2.24. The van der Waals surface area contributed by atoms with E-state index in [1.54, 1.807) is 13.3 Å². The van der Waals surface area contributed by atoms with Crippen LogP contribution in [-0.4, -0.2) is 17.0 Å². The second-order valence-corrected chi connectivity index (χ2v) is 2.55. The van der Waals surface area contributed by atoms with Crippen LogP contribution in [0.4, 0.5) is 0 Å². The standard InChI is InChI=1S/C9H9NO2/c1-12-9-4-2-3-8-7(9)5-6-10(8)11/h2-6,11H,1H3. The van der Waals surface area contributed by atoms with Crippen LogP contribution in [-0.2, 0) is 0 Å². The van der Waals surface area contributed by atoms with Crippen LogP contribution in [0.3, 0.4) is 0 Å². The summed E-state index contributed by atoms with van der Waals surface area (Å²) in [5, 5.41) is 10.2. The molecule has 12 heavy (non-hydrogen) atoms.